The molecule has 0 bridgehead atoms. The van der Waals surface area contributed by atoms with Crippen LogP contribution in [0.5, 0.6) is 0 Å². The molecule has 0 radical (unpaired) electrons. The van der Waals surface area contributed by atoms with Crippen molar-refractivity contribution in [2.75, 3.05) is 5.73 Å². The molecule has 1 amide bonds. The number of aryl methyl sites for hydroxylation is 1. The van der Waals surface area contributed by atoms with Gasteiger partial charge in [-0.1, -0.05) is 0 Å². The van der Waals surface area contributed by atoms with Gasteiger partial charge in [-0.15, -0.1) is 0 Å². The Hall–Kier alpha value is -1.52. The van der Waals surface area contributed by atoms with Crippen LogP contribution in [0.4, 0.5) is 10.6 Å². The number of hydrogen-bond donors (Lipinski definition) is 2. The molecule has 1 heterocycles. The zero-order chi connectivity index (χ0) is 7.72. The van der Waals surface area contributed by atoms with E-state index in [1.54, 1.807) is 6.92 Å². The summed E-state index contributed by atoms with van der Waals surface area (Å²) in [5.41, 5.74) is 10.9. The molecule has 0 aliphatic carbocycles. The first-order chi connectivity index (χ1) is 4.63. The van der Waals surface area contributed by atoms with Gasteiger partial charge < -0.3 is 11.5 Å². The number of aromatic nitrogens is 2. The van der Waals surface area contributed by atoms with E-state index in [0.29, 0.717) is 11.5 Å². The number of amides is 1. The van der Waals surface area contributed by atoms with Gasteiger partial charge in [-0.25, -0.2) is 14.3 Å². The van der Waals surface area contributed by atoms with Crippen LogP contribution in [0, 0.1) is 6.92 Å². The van der Waals surface area contributed by atoms with Gasteiger partial charge in [-0.2, -0.15) is 0 Å². The van der Waals surface area contributed by atoms with Gasteiger partial charge in [0, 0.05) is 0 Å². The predicted octanol–water partition coefficient (Wildman–Crippen LogP) is -0.299. The van der Waals surface area contributed by atoms with Crippen LogP contribution in [0.15, 0.2) is 6.33 Å². The molecule has 4 N–H and O–H groups in total. The topological polar surface area (TPSA) is 86.9 Å². The van der Waals surface area contributed by atoms with E-state index in [0.717, 1.165) is 4.57 Å². The number of anilines is 1. The summed E-state index contributed by atoms with van der Waals surface area (Å²) in [5, 5.41) is 0. The molecule has 5 heteroatoms. The number of carbonyl (C=O) groups excluding carboxylic acids is 1. The SMILES string of the molecule is Cc1ncn(C(N)=O)c1N. The van der Waals surface area contributed by atoms with Crippen LogP contribution >= 0.6 is 0 Å². The van der Waals surface area contributed by atoms with Crippen molar-refractivity contribution in [1.29, 1.82) is 0 Å². The minimum atomic E-state index is -0.613. The highest BCUT2D eigenvalue weighted by atomic mass is 16.2. The van der Waals surface area contributed by atoms with Crippen molar-refractivity contribution >= 4 is 11.8 Å². The highest BCUT2D eigenvalue weighted by molar-refractivity contribution is 5.78. The number of carbonyl (C=O) groups is 1. The summed E-state index contributed by atoms with van der Waals surface area (Å²) in [6.45, 7) is 1.70. The minimum Gasteiger partial charge on any atom is -0.383 e. The number of imidazole rings is 1. The Morgan fingerprint density at radius 3 is 2.60 bits per heavy atom. The maximum absolute atomic E-state index is 10.5. The van der Waals surface area contributed by atoms with Crippen LogP contribution in [0.3, 0.4) is 0 Å². The van der Waals surface area contributed by atoms with Gasteiger partial charge in [-0.3, -0.25) is 0 Å². The summed E-state index contributed by atoms with van der Waals surface area (Å²) in [6.07, 6.45) is 1.30. The second kappa shape index (κ2) is 2.02. The van der Waals surface area contributed by atoms with E-state index >= 15 is 0 Å². The lowest BCUT2D eigenvalue weighted by Crippen LogP contribution is -2.20. The normalized spacial score (nSPS) is 9.70. The summed E-state index contributed by atoms with van der Waals surface area (Å²) >= 11 is 0. The van der Waals surface area contributed by atoms with Crippen LogP contribution in [-0.2, 0) is 0 Å². The van der Waals surface area contributed by atoms with Gasteiger partial charge >= 0.3 is 6.03 Å². The molecule has 5 nitrogen and oxygen atoms in total. The summed E-state index contributed by atoms with van der Waals surface area (Å²) in [4.78, 5) is 14.3. The van der Waals surface area contributed by atoms with Crippen LogP contribution in [0.25, 0.3) is 0 Å². The van der Waals surface area contributed by atoms with Crippen molar-refractivity contribution in [3.8, 4) is 0 Å². The lowest BCUT2D eigenvalue weighted by Gasteiger charge is -1.95. The summed E-state index contributed by atoms with van der Waals surface area (Å²) in [6, 6.07) is -0.613. The van der Waals surface area contributed by atoms with Crippen molar-refractivity contribution in [3.05, 3.63) is 12.0 Å². The zero-order valence-electron chi connectivity index (χ0n) is 5.53. The molecular weight excluding hydrogens is 132 g/mol. The van der Waals surface area contributed by atoms with Gasteiger partial charge in [0.1, 0.15) is 12.1 Å². The first-order valence-electron chi connectivity index (χ1n) is 2.72. The van der Waals surface area contributed by atoms with Gasteiger partial charge in [0.15, 0.2) is 0 Å². The van der Waals surface area contributed by atoms with Crippen molar-refractivity contribution < 1.29 is 4.79 Å². The Morgan fingerprint density at radius 2 is 2.40 bits per heavy atom. The second-order valence-corrected chi connectivity index (χ2v) is 1.92. The molecule has 0 atom stereocenters. The van der Waals surface area contributed by atoms with Crippen molar-refractivity contribution in [2.45, 2.75) is 6.92 Å². The number of primary amides is 1. The molecule has 0 unspecified atom stereocenters. The highest BCUT2D eigenvalue weighted by Crippen LogP contribution is 2.05. The molecule has 0 saturated carbocycles. The van der Waals surface area contributed by atoms with E-state index in [1.807, 2.05) is 0 Å². The third kappa shape index (κ3) is 0.812. The standard InChI is InChI=1S/C5H8N4O/c1-3-4(6)9(2-8-3)5(7)10/h2H,6H2,1H3,(H2,7,10). The van der Waals surface area contributed by atoms with Gasteiger partial charge in [0.05, 0.1) is 5.69 Å². The first-order valence-corrected chi connectivity index (χ1v) is 2.72. The Bertz CT molecular complexity index is 265. The molecule has 0 aliphatic rings. The number of hydrogen-bond acceptors (Lipinski definition) is 3. The number of nitrogens with two attached hydrogens (primary N) is 2. The second-order valence-electron chi connectivity index (χ2n) is 1.92. The van der Waals surface area contributed by atoms with Gasteiger partial charge in [0.25, 0.3) is 0 Å². The third-order valence-corrected chi connectivity index (χ3v) is 1.23. The Labute approximate surface area is 57.6 Å². The maximum Gasteiger partial charge on any atom is 0.325 e. The largest absolute Gasteiger partial charge is 0.383 e. The van der Waals surface area contributed by atoms with Crippen molar-refractivity contribution in [1.82, 2.24) is 9.55 Å². The highest BCUT2D eigenvalue weighted by Gasteiger charge is 2.05. The zero-order valence-corrected chi connectivity index (χ0v) is 5.53. The fourth-order valence-corrected chi connectivity index (χ4v) is 0.623. The fraction of sp³-hybridized carbons (Fsp3) is 0.200. The van der Waals surface area contributed by atoms with E-state index in [-0.39, 0.29) is 0 Å². The number of nitrogens with zero attached hydrogens (tertiary/aromatic N) is 2. The molecule has 0 fully saturated rings. The average molecular weight is 140 g/mol. The lowest BCUT2D eigenvalue weighted by molar-refractivity contribution is 0.250. The Morgan fingerprint density at radius 1 is 1.80 bits per heavy atom. The third-order valence-electron chi connectivity index (χ3n) is 1.23. The van der Waals surface area contributed by atoms with Crippen molar-refractivity contribution in [3.63, 3.8) is 0 Å². The van der Waals surface area contributed by atoms with Crippen LogP contribution in [-0.4, -0.2) is 15.6 Å². The fourth-order valence-electron chi connectivity index (χ4n) is 0.623. The van der Waals surface area contributed by atoms with Crippen LogP contribution in [0.2, 0.25) is 0 Å². The van der Waals surface area contributed by atoms with Crippen molar-refractivity contribution in [2.24, 2.45) is 5.73 Å². The maximum atomic E-state index is 10.5. The molecule has 1 rings (SSSR count). The molecule has 0 aromatic carbocycles. The summed E-state index contributed by atoms with van der Waals surface area (Å²) < 4.78 is 1.09. The van der Waals surface area contributed by atoms with E-state index in [1.165, 1.54) is 6.33 Å². The van der Waals surface area contributed by atoms with Crippen LogP contribution < -0.4 is 11.5 Å². The molecule has 10 heavy (non-hydrogen) atoms. The number of rotatable bonds is 0. The molecular formula is C5H8N4O. The molecule has 1 aromatic rings. The minimum absolute atomic E-state index is 0.299. The smallest absolute Gasteiger partial charge is 0.325 e. The lowest BCUT2D eigenvalue weighted by atomic mass is 10.5. The predicted molar refractivity (Wildman–Crippen MR) is 36.4 cm³/mol. The van der Waals surface area contributed by atoms with Crippen LogP contribution in [0.1, 0.15) is 5.69 Å². The Balaban J connectivity index is 3.17. The van der Waals surface area contributed by atoms with E-state index < -0.39 is 6.03 Å². The van der Waals surface area contributed by atoms with Gasteiger partial charge in [-0.05, 0) is 6.92 Å². The van der Waals surface area contributed by atoms with E-state index in [9.17, 15) is 4.79 Å². The molecule has 54 valence electrons. The van der Waals surface area contributed by atoms with E-state index in [4.69, 9.17) is 11.5 Å². The van der Waals surface area contributed by atoms with Gasteiger partial charge in [0.2, 0.25) is 0 Å². The monoisotopic (exact) mass is 140 g/mol. The summed E-state index contributed by atoms with van der Waals surface area (Å²) in [7, 11) is 0. The number of nitrogen functional groups attached to an aromatic ring is 1. The van der Waals surface area contributed by atoms with E-state index in [2.05, 4.69) is 4.98 Å². The Kier molecular flexibility index (Phi) is 1.33. The molecule has 0 spiro atoms. The first kappa shape index (κ1) is 6.60. The molecule has 0 saturated heterocycles. The molecule has 1 aromatic heterocycles. The average Bonchev–Trinajstić information content (AvgIpc) is 2.14. The quantitative estimate of drug-likeness (QED) is 0.518. The summed E-state index contributed by atoms with van der Waals surface area (Å²) in [5.74, 6) is 0.299. The molecule has 0 aliphatic heterocycles.